The molecule has 15 heavy (non-hydrogen) atoms. The van der Waals surface area contributed by atoms with Crippen molar-refractivity contribution in [3.63, 3.8) is 0 Å². The van der Waals surface area contributed by atoms with E-state index in [-0.39, 0.29) is 5.92 Å². The molecule has 0 aromatic carbocycles. The average Bonchev–Trinajstić information content (AvgIpc) is 2.14. The smallest absolute Gasteiger partial charge is 0.308 e. The Balaban J connectivity index is 2.09. The van der Waals surface area contributed by atoms with Gasteiger partial charge in [-0.25, -0.2) is 0 Å². The Morgan fingerprint density at radius 3 is 2.80 bits per heavy atom. The predicted molar refractivity (Wildman–Crippen MR) is 58.6 cm³/mol. The van der Waals surface area contributed by atoms with Gasteiger partial charge >= 0.3 is 5.97 Å². The molecule has 1 aliphatic carbocycles. The van der Waals surface area contributed by atoms with Crippen molar-refractivity contribution in [3.8, 4) is 0 Å². The van der Waals surface area contributed by atoms with Gasteiger partial charge in [0.05, 0.1) is 5.92 Å². The lowest BCUT2D eigenvalue weighted by Crippen LogP contribution is -2.50. The quantitative estimate of drug-likeness (QED) is 0.694. The van der Waals surface area contributed by atoms with E-state index < -0.39 is 5.97 Å². The van der Waals surface area contributed by atoms with Crippen LogP contribution in [0.25, 0.3) is 0 Å². The largest absolute Gasteiger partial charge is 0.481 e. The molecule has 2 aliphatic rings. The third-order valence-electron chi connectivity index (χ3n) is 4.18. The lowest BCUT2D eigenvalue weighted by molar-refractivity contribution is -0.146. The Morgan fingerprint density at radius 1 is 1.40 bits per heavy atom. The van der Waals surface area contributed by atoms with Crippen molar-refractivity contribution in [1.82, 2.24) is 5.32 Å². The fourth-order valence-electron chi connectivity index (χ4n) is 3.36. The minimum absolute atomic E-state index is 0.153. The van der Waals surface area contributed by atoms with E-state index in [4.69, 9.17) is 5.11 Å². The maximum Gasteiger partial charge on any atom is 0.308 e. The second-order valence-corrected chi connectivity index (χ2v) is 5.93. The van der Waals surface area contributed by atoms with E-state index in [0.717, 1.165) is 13.0 Å². The molecule has 0 radical (unpaired) electrons. The van der Waals surface area contributed by atoms with Crippen LogP contribution in [0.4, 0.5) is 0 Å². The number of carboxylic acid groups (broad SMARTS) is 1. The summed E-state index contributed by atoms with van der Waals surface area (Å²) in [6.45, 7) is 6.27. The molecule has 1 saturated carbocycles. The Bertz CT molecular complexity index is 262. The summed E-state index contributed by atoms with van der Waals surface area (Å²) in [7, 11) is 0. The van der Waals surface area contributed by atoms with Crippen LogP contribution in [0.15, 0.2) is 0 Å². The normalized spacial score (nSPS) is 39.5. The molecule has 3 atom stereocenters. The molecular formula is C12H21NO2. The first-order valence-corrected chi connectivity index (χ1v) is 5.93. The van der Waals surface area contributed by atoms with Gasteiger partial charge in [-0.2, -0.15) is 0 Å². The van der Waals surface area contributed by atoms with Crippen LogP contribution in [0.2, 0.25) is 0 Å². The fourth-order valence-corrected chi connectivity index (χ4v) is 3.36. The van der Waals surface area contributed by atoms with Gasteiger partial charge in [0.25, 0.3) is 0 Å². The Labute approximate surface area is 91.2 Å². The Morgan fingerprint density at radius 2 is 2.13 bits per heavy atom. The number of hydrogen-bond acceptors (Lipinski definition) is 2. The first-order valence-electron chi connectivity index (χ1n) is 5.93. The molecular weight excluding hydrogens is 190 g/mol. The number of hydrogen-bond donors (Lipinski definition) is 2. The highest BCUT2D eigenvalue weighted by molar-refractivity contribution is 5.71. The summed E-state index contributed by atoms with van der Waals surface area (Å²) in [5.41, 5.74) is 0.406. The van der Waals surface area contributed by atoms with E-state index >= 15 is 0 Å². The van der Waals surface area contributed by atoms with Crippen molar-refractivity contribution >= 4 is 5.97 Å². The van der Waals surface area contributed by atoms with Gasteiger partial charge in [-0.05, 0) is 43.1 Å². The SMILES string of the molecule is CC1(C)CCC2C(CNCC2C(=O)O)C1. The summed E-state index contributed by atoms with van der Waals surface area (Å²) in [6.07, 6.45) is 3.45. The standard InChI is InChI=1S/C12H21NO2/c1-12(2)4-3-9-8(5-12)6-13-7-10(9)11(14)15/h8-10,13H,3-7H2,1-2H3,(H,14,15). The molecule has 2 N–H and O–H groups in total. The van der Waals surface area contributed by atoms with E-state index in [1.54, 1.807) is 0 Å². The van der Waals surface area contributed by atoms with E-state index in [1.165, 1.54) is 12.8 Å². The highest BCUT2D eigenvalue weighted by Crippen LogP contribution is 2.45. The molecule has 1 saturated heterocycles. The Kier molecular flexibility index (Phi) is 2.75. The van der Waals surface area contributed by atoms with E-state index in [1.807, 2.05) is 0 Å². The zero-order valence-corrected chi connectivity index (χ0v) is 9.62. The molecule has 0 amide bonds. The summed E-state index contributed by atoms with van der Waals surface area (Å²) < 4.78 is 0. The number of rotatable bonds is 1. The molecule has 3 unspecified atom stereocenters. The second-order valence-electron chi connectivity index (χ2n) is 5.93. The monoisotopic (exact) mass is 211 g/mol. The van der Waals surface area contributed by atoms with Crippen LogP contribution in [0.1, 0.15) is 33.1 Å². The first-order chi connectivity index (χ1) is 6.99. The lowest BCUT2D eigenvalue weighted by Gasteiger charge is -2.46. The van der Waals surface area contributed by atoms with Gasteiger partial charge in [0, 0.05) is 6.54 Å². The van der Waals surface area contributed by atoms with Gasteiger partial charge in [-0.3, -0.25) is 4.79 Å². The summed E-state index contributed by atoms with van der Waals surface area (Å²) in [5, 5.41) is 12.4. The maximum atomic E-state index is 11.1. The second kappa shape index (κ2) is 3.78. The van der Waals surface area contributed by atoms with Crippen LogP contribution in [-0.2, 0) is 4.79 Å². The van der Waals surface area contributed by atoms with Gasteiger partial charge in [-0.1, -0.05) is 13.8 Å². The van der Waals surface area contributed by atoms with E-state index in [0.29, 0.717) is 23.8 Å². The van der Waals surface area contributed by atoms with Gasteiger partial charge < -0.3 is 10.4 Å². The van der Waals surface area contributed by atoms with E-state index in [9.17, 15) is 4.79 Å². The molecule has 1 aliphatic heterocycles. The van der Waals surface area contributed by atoms with Crippen molar-refractivity contribution in [3.05, 3.63) is 0 Å². The highest BCUT2D eigenvalue weighted by Gasteiger charge is 2.43. The van der Waals surface area contributed by atoms with Gasteiger partial charge in [0.15, 0.2) is 0 Å². The Hall–Kier alpha value is -0.570. The van der Waals surface area contributed by atoms with Crippen molar-refractivity contribution in [2.75, 3.05) is 13.1 Å². The molecule has 3 nitrogen and oxygen atoms in total. The maximum absolute atomic E-state index is 11.1. The summed E-state index contributed by atoms with van der Waals surface area (Å²) in [5.74, 6) is 0.220. The van der Waals surface area contributed by atoms with Crippen LogP contribution in [0.5, 0.6) is 0 Å². The highest BCUT2D eigenvalue weighted by atomic mass is 16.4. The zero-order chi connectivity index (χ0) is 11.1. The lowest BCUT2D eigenvalue weighted by atomic mass is 9.62. The minimum Gasteiger partial charge on any atom is -0.481 e. The molecule has 0 spiro atoms. The average molecular weight is 211 g/mol. The van der Waals surface area contributed by atoms with Crippen molar-refractivity contribution < 1.29 is 9.90 Å². The number of aliphatic carboxylic acids is 1. The molecule has 0 aromatic heterocycles. The number of fused-ring (bicyclic) bond motifs is 1. The molecule has 2 rings (SSSR count). The summed E-state index contributed by atoms with van der Waals surface area (Å²) in [6, 6.07) is 0. The molecule has 1 heterocycles. The van der Waals surface area contributed by atoms with E-state index in [2.05, 4.69) is 19.2 Å². The predicted octanol–water partition coefficient (Wildman–Crippen LogP) is 1.73. The third-order valence-corrected chi connectivity index (χ3v) is 4.18. The zero-order valence-electron chi connectivity index (χ0n) is 9.62. The molecule has 86 valence electrons. The number of nitrogens with one attached hydrogen (secondary N) is 1. The fraction of sp³-hybridized carbons (Fsp3) is 0.917. The number of piperidine rings is 1. The topological polar surface area (TPSA) is 49.3 Å². The number of carboxylic acids is 1. The molecule has 2 fully saturated rings. The summed E-state index contributed by atoms with van der Waals surface area (Å²) >= 11 is 0. The minimum atomic E-state index is -0.614. The van der Waals surface area contributed by atoms with Crippen molar-refractivity contribution in [2.24, 2.45) is 23.2 Å². The summed E-state index contributed by atoms with van der Waals surface area (Å²) in [4.78, 5) is 11.1. The molecule has 0 bridgehead atoms. The number of carbonyl (C=O) groups is 1. The first kappa shape index (κ1) is 10.9. The van der Waals surface area contributed by atoms with Crippen molar-refractivity contribution in [2.45, 2.75) is 33.1 Å². The molecule has 0 aromatic rings. The van der Waals surface area contributed by atoms with Gasteiger partial charge in [-0.15, -0.1) is 0 Å². The van der Waals surface area contributed by atoms with Crippen molar-refractivity contribution in [1.29, 1.82) is 0 Å². The van der Waals surface area contributed by atoms with Gasteiger partial charge in [0.1, 0.15) is 0 Å². The van der Waals surface area contributed by atoms with Crippen LogP contribution in [0.3, 0.4) is 0 Å². The van der Waals surface area contributed by atoms with Crippen LogP contribution < -0.4 is 5.32 Å². The van der Waals surface area contributed by atoms with Crippen LogP contribution in [0, 0.1) is 23.2 Å². The van der Waals surface area contributed by atoms with Crippen LogP contribution >= 0.6 is 0 Å². The molecule has 3 heteroatoms. The van der Waals surface area contributed by atoms with Gasteiger partial charge in [0.2, 0.25) is 0 Å². The van der Waals surface area contributed by atoms with Crippen LogP contribution in [-0.4, -0.2) is 24.2 Å². The third kappa shape index (κ3) is 2.17.